The van der Waals surface area contributed by atoms with Crippen LogP contribution in [-0.4, -0.2) is 52.7 Å². The Kier molecular flexibility index (Phi) is 5.26. The van der Waals surface area contributed by atoms with Crippen molar-refractivity contribution in [3.63, 3.8) is 0 Å². The highest BCUT2D eigenvalue weighted by Crippen LogP contribution is 2.21. The van der Waals surface area contributed by atoms with Crippen molar-refractivity contribution in [2.75, 3.05) is 25.0 Å². The average molecular weight is 371 g/mol. The van der Waals surface area contributed by atoms with E-state index in [0.717, 1.165) is 30.4 Å². The lowest BCUT2D eigenvalue weighted by Crippen LogP contribution is -2.50. The third-order valence-electron chi connectivity index (χ3n) is 3.52. The van der Waals surface area contributed by atoms with Crippen LogP contribution in [0.2, 0.25) is 0 Å². The Hall–Kier alpha value is -1.37. The summed E-state index contributed by atoms with van der Waals surface area (Å²) in [5, 5.41) is 0. The highest BCUT2D eigenvalue weighted by molar-refractivity contribution is 9.10. The zero-order chi connectivity index (χ0) is 16.3. The molecule has 0 unspecified atom stereocenters. The normalized spacial score (nSPS) is 19.0. The molecule has 1 aliphatic rings. The average Bonchev–Trinajstić information content (AvgIpc) is 2.45. The third kappa shape index (κ3) is 4.56. The molecule has 0 N–H and O–H groups in total. The van der Waals surface area contributed by atoms with Crippen molar-refractivity contribution < 1.29 is 9.53 Å². The number of carbonyl (C=O) groups excluding carboxylic acids is 1. The predicted octanol–water partition coefficient (Wildman–Crippen LogP) is 3.07. The van der Waals surface area contributed by atoms with Gasteiger partial charge in [0.1, 0.15) is 5.60 Å². The maximum absolute atomic E-state index is 12.2. The van der Waals surface area contributed by atoms with E-state index in [1.54, 1.807) is 24.3 Å². The van der Waals surface area contributed by atoms with Crippen molar-refractivity contribution in [1.82, 2.24) is 14.9 Å². The molecule has 22 heavy (non-hydrogen) atoms. The van der Waals surface area contributed by atoms with E-state index >= 15 is 0 Å². The molecule has 1 atom stereocenters. The SMILES string of the molecule is CN(C(=O)OC(C)(C)C)[C@@H]1CCCN(c2ncc(Br)cn2)C1. The number of rotatable bonds is 2. The standard InChI is InChI=1S/C15H23BrN4O2/c1-15(2,3)22-14(21)19(4)12-6-5-7-20(10-12)13-17-8-11(16)9-18-13/h8-9,12H,5-7,10H2,1-4H3/t12-/m1/s1. The second-order valence-electron chi connectivity index (χ2n) is 6.53. The van der Waals surface area contributed by atoms with Crippen LogP contribution in [0.3, 0.4) is 0 Å². The Morgan fingerprint density at radius 3 is 2.64 bits per heavy atom. The first-order valence-electron chi connectivity index (χ1n) is 7.44. The van der Waals surface area contributed by atoms with Gasteiger partial charge in [-0.05, 0) is 49.5 Å². The van der Waals surface area contributed by atoms with Gasteiger partial charge in [0.25, 0.3) is 0 Å². The van der Waals surface area contributed by atoms with Gasteiger partial charge in [-0.15, -0.1) is 0 Å². The Morgan fingerprint density at radius 1 is 1.41 bits per heavy atom. The second kappa shape index (κ2) is 6.81. The van der Waals surface area contributed by atoms with E-state index in [-0.39, 0.29) is 12.1 Å². The van der Waals surface area contributed by atoms with Gasteiger partial charge in [-0.1, -0.05) is 0 Å². The van der Waals surface area contributed by atoms with E-state index in [1.165, 1.54) is 0 Å². The smallest absolute Gasteiger partial charge is 0.410 e. The van der Waals surface area contributed by atoms with E-state index in [1.807, 2.05) is 20.8 Å². The number of hydrogen-bond donors (Lipinski definition) is 0. The third-order valence-corrected chi connectivity index (χ3v) is 3.92. The summed E-state index contributed by atoms with van der Waals surface area (Å²) in [6, 6.07) is 0.107. The summed E-state index contributed by atoms with van der Waals surface area (Å²) in [6.45, 7) is 7.25. The summed E-state index contributed by atoms with van der Waals surface area (Å²) in [7, 11) is 1.80. The van der Waals surface area contributed by atoms with Crippen LogP contribution in [0.25, 0.3) is 0 Å². The Bertz CT molecular complexity index is 515. The van der Waals surface area contributed by atoms with Gasteiger partial charge in [0, 0.05) is 32.5 Å². The van der Waals surface area contributed by atoms with E-state index in [9.17, 15) is 4.79 Å². The molecule has 0 aromatic carbocycles. The maximum atomic E-state index is 12.2. The summed E-state index contributed by atoms with van der Waals surface area (Å²) in [4.78, 5) is 24.7. The number of nitrogens with zero attached hydrogens (tertiary/aromatic N) is 4. The summed E-state index contributed by atoms with van der Waals surface area (Å²) < 4.78 is 6.30. The van der Waals surface area contributed by atoms with Crippen LogP contribution in [0, 0.1) is 0 Å². The van der Waals surface area contributed by atoms with E-state index in [0.29, 0.717) is 5.95 Å². The zero-order valence-electron chi connectivity index (χ0n) is 13.5. The van der Waals surface area contributed by atoms with Gasteiger partial charge in [-0.25, -0.2) is 14.8 Å². The monoisotopic (exact) mass is 370 g/mol. The number of ether oxygens (including phenoxy) is 1. The molecule has 2 rings (SSSR count). The van der Waals surface area contributed by atoms with Crippen molar-refractivity contribution >= 4 is 28.0 Å². The molecule has 7 heteroatoms. The number of carbonyl (C=O) groups is 1. The van der Waals surface area contributed by atoms with Crippen molar-refractivity contribution in [1.29, 1.82) is 0 Å². The van der Waals surface area contributed by atoms with Gasteiger partial charge in [-0.2, -0.15) is 0 Å². The summed E-state index contributed by atoms with van der Waals surface area (Å²) in [5.74, 6) is 0.700. The lowest BCUT2D eigenvalue weighted by atomic mass is 10.1. The zero-order valence-corrected chi connectivity index (χ0v) is 15.1. The first-order valence-corrected chi connectivity index (χ1v) is 8.24. The summed E-state index contributed by atoms with van der Waals surface area (Å²) in [5.41, 5.74) is -0.478. The van der Waals surface area contributed by atoms with Gasteiger partial charge in [0.05, 0.1) is 10.5 Å². The number of hydrogen-bond acceptors (Lipinski definition) is 5. The van der Waals surface area contributed by atoms with Gasteiger partial charge in [0.2, 0.25) is 5.95 Å². The molecular formula is C15H23BrN4O2. The van der Waals surface area contributed by atoms with Gasteiger partial charge < -0.3 is 14.5 Å². The molecule has 1 amide bonds. The largest absolute Gasteiger partial charge is 0.444 e. The van der Waals surface area contributed by atoms with Crippen LogP contribution in [0.15, 0.2) is 16.9 Å². The molecule has 1 saturated heterocycles. The molecule has 1 fully saturated rings. The number of likely N-dealkylation sites (N-methyl/N-ethyl adjacent to an activating group) is 1. The van der Waals surface area contributed by atoms with Crippen LogP contribution < -0.4 is 4.90 Å². The lowest BCUT2D eigenvalue weighted by Gasteiger charge is -2.38. The molecule has 0 aliphatic carbocycles. The fourth-order valence-electron chi connectivity index (χ4n) is 2.40. The Labute approximate surface area is 140 Å². The summed E-state index contributed by atoms with van der Waals surface area (Å²) >= 11 is 3.34. The number of halogens is 1. The highest BCUT2D eigenvalue weighted by Gasteiger charge is 2.29. The first-order chi connectivity index (χ1) is 10.3. The maximum Gasteiger partial charge on any atom is 0.410 e. The first kappa shape index (κ1) is 17.0. The molecule has 0 spiro atoms. The number of piperidine rings is 1. The van der Waals surface area contributed by atoms with Crippen molar-refractivity contribution in [2.45, 2.75) is 45.3 Å². The van der Waals surface area contributed by atoms with Gasteiger partial charge in [-0.3, -0.25) is 0 Å². The highest BCUT2D eigenvalue weighted by atomic mass is 79.9. The van der Waals surface area contributed by atoms with E-state index in [2.05, 4.69) is 30.8 Å². The lowest BCUT2D eigenvalue weighted by molar-refractivity contribution is 0.0209. The fraction of sp³-hybridized carbons (Fsp3) is 0.667. The van der Waals surface area contributed by atoms with Crippen LogP contribution >= 0.6 is 15.9 Å². The number of aromatic nitrogens is 2. The quantitative estimate of drug-likeness (QED) is 0.800. The van der Waals surface area contributed by atoms with Crippen LogP contribution in [-0.2, 0) is 4.74 Å². The van der Waals surface area contributed by atoms with Crippen molar-refractivity contribution in [3.05, 3.63) is 16.9 Å². The van der Waals surface area contributed by atoms with Gasteiger partial charge >= 0.3 is 6.09 Å². The Morgan fingerprint density at radius 2 is 2.05 bits per heavy atom. The van der Waals surface area contributed by atoms with Crippen LogP contribution in [0.4, 0.5) is 10.7 Å². The summed E-state index contributed by atoms with van der Waals surface area (Å²) in [6.07, 6.45) is 5.16. The molecule has 0 saturated carbocycles. The minimum atomic E-state index is -0.478. The van der Waals surface area contributed by atoms with E-state index < -0.39 is 5.60 Å². The topological polar surface area (TPSA) is 58.6 Å². The second-order valence-corrected chi connectivity index (χ2v) is 7.45. The number of amides is 1. The fourth-order valence-corrected chi connectivity index (χ4v) is 2.61. The minimum Gasteiger partial charge on any atom is -0.444 e. The molecule has 6 nitrogen and oxygen atoms in total. The van der Waals surface area contributed by atoms with E-state index in [4.69, 9.17) is 4.74 Å². The van der Waals surface area contributed by atoms with Crippen LogP contribution in [0.5, 0.6) is 0 Å². The van der Waals surface area contributed by atoms with Crippen LogP contribution in [0.1, 0.15) is 33.6 Å². The molecule has 1 aliphatic heterocycles. The van der Waals surface area contributed by atoms with Crippen molar-refractivity contribution in [2.24, 2.45) is 0 Å². The molecule has 0 radical (unpaired) electrons. The minimum absolute atomic E-state index is 0.107. The molecule has 0 bridgehead atoms. The molecule has 2 heterocycles. The molecular weight excluding hydrogens is 348 g/mol. The molecule has 1 aromatic rings. The predicted molar refractivity (Wildman–Crippen MR) is 89.0 cm³/mol. The molecule has 1 aromatic heterocycles. The number of anilines is 1. The van der Waals surface area contributed by atoms with Crippen molar-refractivity contribution in [3.8, 4) is 0 Å². The van der Waals surface area contributed by atoms with Gasteiger partial charge in [0.15, 0.2) is 0 Å². The Balaban J connectivity index is 2.00. The molecule has 122 valence electrons.